The topological polar surface area (TPSA) is 34.4 Å². The van der Waals surface area contributed by atoms with Gasteiger partial charge in [0.15, 0.2) is 0 Å². The van der Waals surface area contributed by atoms with Crippen molar-refractivity contribution < 1.29 is 13.5 Å². The van der Waals surface area contributed by atoms with Gasteiger partial charge >= 0.3 is 0 Å². The zero-order valence-electron chi connectivity index (χ0n) is 13.0. The number of rotatable bonds is 5. The van der Waals surface area contributed by atoms with Crippen molar-refractivity contribution in [3.63, 3.8) is 0 Å². The Hall–Kier alpha value is -1.81. The Bertz CT molecular complexity index is 599. The Morgan fingerprint density at radius 3 is 2.67 bits per heavy atom. The van der Waals surface area contributed by atoms with Crippen LogP contribution in [0.3, 0.4) is 0 Å². The summed E-state index contributed by atoms with van der Waals surface area (Å²) in [6, 6.07) is 8.07. The number of nitrogens with one attached hydrogen (secondary N) is 1. The lowest BCUT2D eigenvalue weighted by atomic mass is 10.1. The highest BCUT2D eigenvalue weighted by Crippen LogP contribution is 2.19. The molecule has 0 atom stereocenters. The molecule has 1 heterocycles. The summed E-state index contributed by atoms with van der Waals surface area (Å²) in [7, 11) is 0. The molecule has 0 aliphatic carbocycles. The van der Waals surface area contributed by atoms with E-state index in [0.717, 1.165) is 23.6 Å². The maximum atomic E-state index is 13.1. The summed E-state index contributed by atoms with van der Waals surface area (Å²) < 4.78 is 24.3. The number of hydrogen-bond acceptors (Lipinski definition) is 3. The monoisotopic (exact) mass is 291 g/mol. The lowest BCUT2D eigenvalue weighted by Gasteiger charge is -2.20. The minimum Gasteiger partial charge on any atom is -0.486 e. The molecule has 114 valence electrons. The van der Waals surface area contributed by atoms with Crippen molar-refractivity contribution >= 4 is 0 Å². The number of hydrogen-bond donors (Lipinski definition) is 1. The number of benzene rings is 1. The van der Waals surface area contributed by atoms with Crippen LogP contribution < -0.4 is 10.1 Å². The summed E-state index contributed by atoms with van der Waals surface area (Å²) in [5.74, 6) is 1.81. The molecular weight excluding hydrogens is 269 g/mol. The quantitative estimate of drug-likeness (QED) is 0.896. The van der Waals surface area contributed by atoms with Crippen molar-refractivity contribution in [1.29, 1.82) is 0 Å². The van der Waals surface area contributed by atoms with Crippen LogP contribution in [0.25, 0.3) is 0 Å². The smallest absolute Gasteiger partial charge is 0.146 e. The van der Waals surface area contributed by atoms with Crippen molar-refractivity contribution in [2.24, 2.45) is 0 Å². The summed E-state index contributed by atoms with van der Waals surface area (Å²) in [6.45, 7) is 9.34. The Morgan fingerprint density at radius 1 is 1.24 bits per heavy atom. The van der Waals surface area contributed by atoms with E-state index in [1.165, 1.54) is 12.1 Å². The molecule has 1 aromatic carbocycles. The molecule has 0 radical (unpaired) electrons. The van der Waals surface area contributed by atoms with E-state index in [9.17, 15) is 4.39 Å². The van der Waals surface area contributed by atoms with Crippen LogP contribution in [0.15, 0.2) is 34.7 Å². The fourth-order valence-electron chi connectivity index (χ4n) is 1.91. The van der Waals surface area contributed by atoms with Crippen LogP contribution >= 0.6 is 0 Å². The normalized spacial score (nSPS) is 11.7. The lowest BCUT2D eigenvalue weighted by molar-refractivity contribution is 0.266. The second-order valence-corrected chi connectivity index (χ2v) is 6.14. The Labute approximate surface area is 125 Å². The van der Waals surface area contributed by atoms with E-state index in [2.05, 4.69) is 26.1 Å². The predicted octanol–water partition coefficient (Wildman–Crippen LogP) is 4.19. The van der Waals surface area contributed by atoms with E-state index >= 15 is 0 Å². The molecule has 1 N–H and O–H groups in total. The summed E-state index contributed by atoms with van der Waals surface area (Å²) in [5, 5.41) is 3.42. The van der Waals surface area contributed by atoms with Gasteiger partial charge in [-0.05, 0) is 45.9 Å². The first kappa shape index (κ1) is 15.6. The molecule has 0 aliphatic heterocycles. The van der Waals surface area contributed by atoms with Crippen LogP contribution in [0.2, 0.25) is 0 Å². The molecule has 0 aliphatic rings. The number of aryl methyl sites for hydroxylation is 1. The fourth-order valence-corrected chi connectivity index (χ4v) is 1.91. The summed E-state index contributed by atoms with van der Waals surface area (Å²) >= 11 is 0. The number of halogens is 1. The third kappa shape index (κ3) is 4.90. The Balaban J connectivity index is 1.95. The number of furan rings is 1. The van der Waals surface area contributed by atoms with E-state index < -0.39 is 0 Å². The van der Waals surface area contributed by atoms with Crippen molar-refractivity contribution in [2.45, 2.75) is 46.4 Å². The van der Waals surface area contributed by atoms with E-state index in [0.29, 0.717) is 12.4 Å². The van der Waals surface area contributed by atoms with Gasteiger partial charge in [0.1, 0.15) is 29.7 Å². The standard InChI is InChI=1S/C17H22FNO2/c1-12-13(10-19-17(2,3)4)8-16(21-12)11-20-15-7-5-6-14(18)9-15/h5-9,19H,10-11H2,1-4H3. The van der Waals surface area contributed by atoms with Gasteiger partial charge in [-0.25, -0.2) is 4.39 Å². The van der Waals surface area contributed by atoms with Crippen molar-refractivity contribution in [2.75, 3.05) is 0 Å². The minimum absolute atomic E-state index is 0.0575. The van der Waals surface area contributed by atoms with Crippen LogP contribution in [0.5, 0.6) is 5.75 Å². The molecule has 3 nitrogen and oxygen atoms in total. The largest absolute Gasteiger partial charge is 0.486 e. The molecule has 2 aromatic rings. The highest BCUT2D eigenvalue weighted by molar-refractivity contribution is 5.24. The van der Waals surface area contributed by atoms with Crippen LogP contribution in [-0.2, 0) is 13.2 Å². The van der Waals surface area contributed by atoms with E-state index in [4.69, 9.17) is 9.15 Å². The molecule has 0 saturated heterocycles. The van der Waals surface area contributed by atoms with Crippen LogP contribution in [-0.4, -0.2) is 5.54 Å². The third-order valence-electron chi connectivity index (χ3n) is 3.06. The van der Waals surface area contributed by atoms with Crippen molar-refractivity contribution in [1.82, 2.24) is 5.32 Å². The SMILES string of the molecule is Cc1oc(COc2cccc(F)c2)cc1CNC(C)(C)C. The van der Waals surface area contributed by atoms with Crippen molar-refractivity contribution in [3.8, 4) is 5.75 Å². The lowest BCUT2D eigenvalue weighted by Crippen LogP contribution is -2.35. The first-order valence-corrected chi connectivity index (χ1v) is 7.05. The zero-order valence-corrected chi connectivity index (χ0v) is 13.0. The van der Waals surface area contributed by atoms with E-state index in [1.807, 2.05) is 13.0 Å². The molecular formula is C17H22FNO2. The molecule has 21 heavy (non-hydrogen) atoms. The highest BCUT2D eigenvalue weighted by Gasteiger charge is 2.12. The summed E-state index contributed by atoms with van der Waals surface area (Å²) in [6.07, 6.45) is 0. The van der Waals surface area contributed by atoms with Gasteiger partial charge in [-0.2, -0.15) is 0 Å². The molecule has 0 fully saturated rings. The second kappa shape index (κ2) is 6.31. The van der Waals surface area contributed by atoms with Gasteiger partial charge in [-0.15, -0.1) is 0 Å². The minimum atomic E-state index is -0.307. The first-order chi connectivity index (χ1) is 9.83. The predicted molar refractivity (Wildman–Crippen MR) is 80.8 cm³/mol. The van der Waals surface area contributed by atoms with Gasteiger partial charge in [0.25, 0.3) is 0 Å². The Kier molecular flexibility index (Phi) is 4.68. The average Bonchev–Trinajstić information content (AvgIpc) is 2.74. The Morgan fingerprint density at radius 2 is 2.00 bits per heavy atom. The zero-order chi connectivity index (χ0) is 15.5. The maximum absolute atomic E-state index is 13.1. The highest BCUT2D eigenvalue weighted by atomic mass is 19.1. The number of ether oxygens (including phenoxy) is 1. The van der Waals surface area contributed by atoms with Crippen molar-refractivity contribution in [3.05, 3.63) is 53.2 Å². The fraction of sp³-hybridized carbons (Fsp3) is 0.412. The van der Waals surface area contributed by atoms with Crippen LogP contribution in [0, 0.1) is 12.7 Å². The van der Waals surface area contributed by atoms with Gasteiger partial charge in [-0.3, -0.25) is 0 Å². The van der Waals surface area contributed by atoms with E-state index in [1.54, 1.807) is 12.1 Å². The molecule has 0 spiro atoms. The summed E-state index contributed by atoms with van der Waals surface area (Å²) in [4.78, 5) is 0. The average molecular weight is 291 g/mol. The molecule has 0 unspecified atom stereocenters. The van der Waals surface area contributed by atoms with Crippen LogP contribution in [0.1, 0.15) is 37.9 Å². The molecule has 4 heteroatoms. The molecule has 1 aromatic heterocycles. The molecule has 0 bridgehead atoms. The first-order valence-electron chi connectivity index (χ1n) is 7.05. The van der Waals surface area contributed by atoms with Gasteiger partial charge in [0, 0.05) is 23.7 Å². The summed E-state index contributed by atoms with van der Waals surface area (Å²) in [5.41, 5.74) is 1.17. The molecule has 0 saturated carbocycles. The maximum Gasteiger partial charge on any atom is 0.146 e. The second-order valence-electron chi connectivity index (χ2n) is 6.14. The van der Waals surface area contributed by atoms with Gasteiger partial charge in [-0.1, -0.05) is 6.07 Å². The molecule has 0 amide bonds. The third-order valence-corrected chi connectivity index (χ3v) is 3.06. The van der Waals surface area contributed by atoms with E-state index in [-0.39, 0.29) is 11.4 Å². The van der Waals surface area contributed by atoms with Gasteiger partial charge < -0.3 is 14.5 Å². The van der Waals surface area contributed by atoms with Gasteiger partial charge in [0.2, 0.25) is 0 Å². The molecule has 2 rings (SSSR count). The van der Waals surface area contributed by atoms with Crippen LogP contribution in [0.4, 0.5) is 4.39 Å². The van der Waals surface area contributed by atoms with Gasteiger partial charge in [0.05, 0.1) is 0 Å².